The van der Waals surface area contributed by atoms with E-state index in [0.29, 0.717) is 22.7 Å². The van der Waals surface area contributed by atoms with Crippen molar-refractivity contribution in [3.05, 3.63) is 52.5 Å². The highest BCUT2D eigenvalue weighted by Gasteiger charge is 2.15. The normalized spacial score (nSPS) is 10.0. The fourth-order valence-electron chi connectivity index (χ4n) is 1.98. The van der Waals surface area contributed by atoms with Crippen molar-refractivity contribution in [1.29, 1.82) is 0 Å². The summed E-state index contributed by atoms with van der Waals surface area (Å²) in [7, 11) is 2.98. The minimum Gasteiger partial charge on any atom is -0.497 e. The van der Waals surface area contributed by atoms with E-state index in [-0.39, 0.29) is 10.6 Å². The predicted molar refractivity (Wildman–Crippen MR) is 87.5 cm³/mol. The van der Waals surface area contributed by atoms with E-state index < -0.39 is 11.8 Å². The molecule has 0 radical (unpaired) electrons. The van der Waals surface area contributed by atoms with Gasteiger partial charge in [0.2, 0.25) is 5.91 Å². The van der Waals surface area contributed by atoms with Gasteiger partial charge in [-0.25, -0.2) is 0 Å². The van der Waals surface area contributed by atoms with Gasteiger partial charge in [-0.1, -0.05) is 11.6 Å². The Bertz CT molecular complexity index is 762. The molecule has 2 aromatic carbocycles. The summed E-state index contributed by atoms with van der Waals surface area (Å²) in [5.74, 6) is -0.137. The number of halogens is 1. The highest BCUT2D eigenvalue weighted by Crippen LogP contribution is 2.26. The number of amides is 2. The molecule has 0 aliphatic heterocycles. The van der Waals surface area contributed by atoms with Gasteiger partial charge in [-0.2, -0.15) is 0 Å². The lowest BCUT2D eigenvalue weighted by atomic mass is 10.1. The van der Waals surface area contributed by atoms with Gasteiger partial charge in [0.05, 0.1) is 30.4 Å². The van der Waals surface area contributed by atoms with Gasteiger partial charge in [-0.3, -0.25) is 9.59 Å². The summed E-state index contributed by atoms with van der Waals surface area (Å²) in [5, 5.41) is 2.89. The van der Waals surface area contributed by atoms with Crippen molar-refractivity contribution in [3.63, 3.8) is 0 Å². The Morgan fingerprint density at radius 2 is 1.78 bits per heavy atom. The minimum atomic E-state index is -0.673. The maximum atomic E-state index is 12.4. The monoisotopic (exact) mass is 334 g/mol. The van der Waals surface area contributed by atoms with Gasteiger partial charge in [0.15, 0.2) is 0 Å². The standard InChI is InChI=1S/C16H15ClN2O4/c1-22-10-4-5-11(14(8-10)23-2)16(21)19-9-3-6-13(17)12(7-9)15(18)20/h3-8H,1-2H3,(H2,18,20)(H,19,21). The lowest BCUT2D eigenvalue weighted by molar-refractivity contribution is 0.0995. The zero-order chi connectivity index (χ0) is 17.0. The first-order valence-corrected chi connectivity index (χ1v) is 6.96. The first-order valence-electron chi connectivity index (χ1n) is 6.59. The largest absolute Gasteiger partial charge is 0.497 e. The number of rotatable bonds is 5. The molecule has 0 spiro atoms. The number of nitrogens with two attached hydrogens (primary N) is 1. The molecule has 0 aliphatic rings. The molecule has 0 unspecified atom stereocenters. The van der Waals surface area contributed by atoms with Gasteiger partial charge in [-0.05, 0) is 30.3 Å². The highest BCUT2D eigenvalue weighted by atomic mass is 35.5. The first kappa shape index (κ1) is 16.6. The van der Waals surface area contributed by atoms with Crippen LogP contribution in [0.2, 0.25) is 5.02 Å². The van der Waals surface area contributed by atoms with Gasteiger partial charge >= 0.3 is 0 Å². The smallest absolute Gasteiger partial charge is 0.259 e. The van der Waals surface area contributed by atoms with Crippen LogP contribution >= 0.6 is 11.6 Å². The van der Waals surface area contributed by atoms with Crippen LogP contribution in [0.25, 0.3) is 0 Å². The van der Waals surface area contributed by atoms with Crippen LogP contribution < -0.4 is 20.5 Å². The second-order valence-electron chi connectivity index (χ2n) is 4.58. The third-order valence-corrected chi connectivity index (χ3v) is 3.47. The van der Waals surface area contributed by atoms with E-state index in [2.05, 4.69) is 5.32 Å². The molecule has 0 saturated carbocycles. The number of methoxy groups -OCH3 is 2. The molecule has 2 aromatic rings. The molecule has 120 valence electrons. The average Bonchev–Trinajstić information content (AvgIpc) is 2.55. The van der Waals surface area contributed by atoms with Crippen molar-refractivity contribution < 1.29 is 19.1 Å². The lowest BCUT2D eigenvalue weighted by Crippen LogP contribution is -2.15. The summed E-state index contributed by atoms with van der Waals surface area (Å²) in [5.41, 5.74) is 6.08. The van der Waals surface area contributed by atoms with Crippen LogP contribution in [-0.2, 0) is 0 Å². The number of carbonyl (C=O) groups is 2. The van der Waals surface area contributed by atoms with Crippen LogP contribution in [0.15, 0.2) is 36.4 Å². The molecule has 0 fully saturated rings. The number of ether oxygens (including phenoxy) is 2. The molecule has 0 aliphatic carbocycles. The average molecular weight is 335 g/mol. The van der Waals surface area contributed by atoms with Gasteiger partial charge in [0.1, 0.15) is 11.5 Å². The quantitative estimate of drug-likeness (QED) is 0.879. The number of anilines is 1. The fraction of sp³-hybridized carbons (Fsp3) is 0.125. The predicted octanol–water partition coefficient (Wildman–Crippen LogP) is 2.71. The van der Waals surface area contributed by atoms with E-state index in [4.69, 9.17) is 26.8 Å². The zero-order valence-corrected chi connectivity index (χ0v) is 13.3. The van der Waals surface area contributed by atoms with E-state index in [1.54, 1.807) is 24.3 Å². The van der Waals surface area contributed by atoms with Crippen LogP contribution in [0.3, 0.4) is 0 Å². The van der Waals surface area contributed by atoms with Crippen molar-refractivity contribution in [2.45, 2.75) is 0 Å². The summed E-state index contributed by atoms with van der Waals surface area (Å²) in [6.45, 7) is 0. The highest BCUT2D eigenvalue weighted by molar-refractivity contribution is 6.34. The van der Waals surface area contributed by atoms with Crippen LogP contribution in [0.5, 0.6) is 11.5 Å². The molecule has 0 heterocycles. The van der Waals surface area contributed by atoms with Crippen molar-refractivity contribution in [2.75, 3.05) is 19.5 Å². The van der Waals surface area contributed by atoms with Crippen LogP contribution in [0, 0.1) is 0 Å². The molecule has 0 saturated heterocycles. The van der Waals surface area contributed by atoms with Gasteiger partial charge in [0.25, 0.3) is 5.91 Å². The fourth-order valence-corrected chi connectivity index (χ4v) is 2.19. The molecule has 2 rings (SSSR count). The summed E-state index contributed by atoms with van der Waals surface area (Å²) in [4.78, 5) is 23.7. The summed E-state index contributed by atoms with van der Waals surface area (Å²) < 4.78 is 10.3. The molecule has 0 aromatic heterocycles. The van der Waals surface area contributed by atoms with Crippen LogP contribution in [-0.4, -0.2) is 26.0 Å². The molecule has 7 heteroatoms. The third kappa shape index (κ3) is 3.73. The number of benzene rings is 2. The van der Waals surface area contributed by atoms with Crippen LogP contribution in [0.4, 0.5) is 5.69 Å². The number of hydrogen-bond acceptors (Lipinski definition) is 4. The molecule has 6 nitrogen and oxygen atoms in total. The zero-order valence-electron chi connectivity index (χ0n) is 12.6. The van der Waals surface area contributed by atoms with Crippen LogP contribution in [0.1, 0.15) is 20.7 Å². The van der Waals surface area contributed by atoms with Gasteiger partial charge in [-0.15, -0.1) is 0 Å². The Kier molecular flexibility index (Phi) is 5.08. The van der Waals surface area contributed by atoms with Gasteiger partial charge < -0.3 is 20.5 Å². The first-order chi connectivity index (χ1) is 11.0. The summed E-state index contributed by atoms with van der Waals surface area (Å²) in [6, 6.07) is 9.31. The third-order valence-electron chi connectivity index (χ3n) is 3.14. The topological polar surface area (TPSA) is 90.6 Å². The molecule has 0 atom stereocenters. The minimum absolute atomic E-state index is 0.131. The molecule has 0 bridgehead atoms. The number of primary amides is 1. The van der Waals surface area contributed by atoms with E-state index in [0.717, 1.165) is 0 Å². The maximum Gasteiger partial charge on any atom is 0.259 e. The Balaban J connectivity index is 2.29. The Morgan fingerprint density at radius 3 is 2.39 bits per heavy atom. The molecule has 3 N–H and O–H groups in total. The molecule has 2 amide bonds. The van der Waals surface area contributed by atoms with Crippen molar-refractivity contribution in [2.24, 2.45) is 5.73 Å². The SMILES string of the molecule is COc1ccc(C(=O)Nc2ccc(Cl)c(C(N)=O)c2)c(OC)c1. The Morgan fingerprint density at radius 1 is 1.04 bits per heavy atom. The van der Waals surface area contributed by atoms with E-state index >= 15 is 0 Å². The number of nitrogens with one attached hydrogen (secondary N) is 1. The molecular formula is C16H15ClN2O4. The summed E-state index contributed by atoms with van der Waals surface area (Å²) in [6.07, 6.45) is 0. The second kappa shape index (κ2) is 7.02. The number of carbonyl (C=O) groups excluding carboxylic acids is 2. The second-order valence-corrected chi connectivity index (χ2v) is 4.99. The molecular weight excluding hydrogens is 320 g/mol. The maximum absolute atomic E-state index is 12.4. The van der Waals surface area contributed by atoms with Crippen molar-refractivity contribution in [3.8, 4) is 11.5 Å². The Labute approximate surface area is 138 Å². The summed E-state index contributed by atoms with van der Waals surface area (Å²) >= 11 is 5.88. The molecule has 23 heavy (non-hydrogen) atoms. The van der Waals surface area contributed by atoms with E-state index in [1.807, 2.05) is 0 Å². The van der Waals surface area contributed by atoms with E-state index in [1.165, 1.54) is 26.4 Å². The van der Waals surface area contributed by atoms with E-state index in [9.17, 15) is 9.59 Å². The Hall–Kier alpha value is -2.73. The van der Waals surface area contributed by atoms with Crippen molar-refractivity contribution in [1.82, 2.24) is 0 Å². The van der Waals surface area contributed by atoms with Crippen molar-refractivity contribution >= 4 is 29.1 Å². The lowest BCUT2D eigenvalue weighted by Gasteiger charge is -2.11. The van der Waals surface area contributed by atoms with Gasteiger partial charge in [0, 0.05) is 11.8 Å². The number of hydrogen-bond donors (Lipinski definition) is 2.